The van der Waals surface area contributed by atoms with Gasteiger partial charge in [-0.1, -0.05) is 0 Å². The van der Waals surface area contributed by atoms with E-state index in [2.05, 4.69) is 15.3 Å². The van der Waals surface area contributed by atoms with Gasteiger partial charge in [-0.25, -0.2) is 4.79 Å². The van der Waals surface area contributed by atoms with Crippen LogP contribution in [0.4, 0.5) is 0 Å². The van der Waals surface area contributed by atoms with E-state index in [0.29, 0.717) is 17.6 Å². The van der Waals surface area contributed by atoms with Crippen LogP contribution >= 0.6 is 0 Å². The molecule has 0 spiro atoms. The number of nitrogens with one attached hydrogen (secondary N) is 3. The van der Waals surface area contributed by atoms with Crippen LogP contribution in [0.2, 0.25) is 0 Å². The van der Waals surface area contributed by atoms with Crippen LogP contribution in [0.15, 0.2) is 23.0 Å². The van der Waals surface area contributed by atoms with E-state index < -0.39 is 0 Å². The van der Waals surface area contributed by atoms with Gasteiger partial charge in [0.2, 0.25) is 0 Å². The maximum absolute atomic E-state index is 12.4. The number of aromatic amines is 2. The fourth-order valence-electron chi connectivity index (χ4n) is 2.45. The zero-order chi connectivity index (χ0) is 12.8. The standard InChI is InChI=1S/C13H15N3O2/c1-14-7-13(4-5-13)11(17)8-2-3-9-10(6-8)16-12(18)15-9/h2-3,6,14H,4-5,7H2,1H3,(H2,15,16,18). The number of rotatable bonds is 4. The van der Waals surface area contributed by atoms with Crippen LogP contribution in [-0.2, 0) is 0 Å². The van der Waals surface area contributed by atoms with Crippen molar-refractivity contribution in [3.63, 3.8) is 0 Å². The summed E-state index contributed by atoms with van der Waals surface area (Å²) < 4.78 is 0. The van der Waals surface area contributed by atoms with Crippen molar-refractivity contribution in [1.29, 1.82) is 0 Å². The molecular formula is C13H15N3O2. The Kier molecular flexibility index (Phi) is 2.38. The van der Waals surface area contributed by atoms with Gasteiger partial charge < -0.3 is 15.3 Å². The van der Waals surface area contributed by atoms with E-state index in [1.54, 1.807) is 18.2 Å². The van der Waals surface area contributed by atoms with Crippen molar-refractivity contribution in [3.05, 3.63) is 34.2 Å². The van der Waals surface area contributed by atoms with E-state index in [1.807, 2.05) is 7.05 Å². The third-order valence-corrected chi connectivity index (χ3v) is 3.63. The van der Waals surface area contributed by atoms with Crippen LogP contribution in [0.1, 0.15) is 23.2 Å². The molecule has 0 unspecified atom stereocenters. The quantitative estimate of drug-likeness (QED) is 0.704. The summed E-state index contributed by atoms with van der Waals surface area (Å²) in [6, 6.07) is 5.31. The summed E-state index contributed by atoms with van der Waals surface area (Å²) in [5, 5.41) is 3.08. The molecule has 1 fully saturated rings. The van der Waals surface area contributed by atoms with Gasteiger partial charge in [-0.05, 0) is 38.1 Å². The third kappa shape index (κ3) is 1.67. The molecule has 0 amide bonds. The van der Waals surface area contributed by atoms with Gasteiger partial charge in [0.1, 0.15) is 0 Å². The fourth-order valence-corrected chi connectivity index (χ4v) is 2.45. The van der Waals surface area contributed by atoms with Crippen molar-refractivity contribution in [2.45, 2.75) is 12.8 Å². The van der Waals surface area contributed by atoms with Crippen molar-refractivity contribution in [1.82, 2.24) is 15.3 Å². The summed E-state index contributed by atoms with van der Waals surface area (Å²) in [7, 11) is 1.86. The summed E-state index contributed by atoms with van der Waals surface area (Å²) >= 11 is 0. The van der Waals surface area contributed by atoms with E-state index >= 15 is 0 Å². The number of fused-ring (bicyclic) bond motifs is 1. The largest absolute Gasteiger partial charge is 0.323 e. The molecule has 0 bridgehead atoms. The normalized spacial score (nSPS) is 16.9. The molecule has 2 aromatic rings. The number of carbonyl (C=O) groups excluding carboxylic acids is 1. The first-order valence-corrected chi connectivity index (χ1v) is 6.06. The van der Waals surface area contributed by atoms with Crippen LogP contribution in [0.25, 0.3) is 11.0 Å². The molecule has 0 radical (unpaired) electrons. The molecule has 1 aliphatic carbocycles. The number of ketones is 1. The Morgan fingerprint density at radius 1 is 1.33 bits per heavy atom. The van der Waals surface area contributed by atoms with E-state index in [-0.39, 0.29) is 16.9 Å². The molecule has 1 aromatic heterocycles. The molecule has 18 heavy (non-hydrogen) atoms. The Morgan fingerprint density at radius 3 is 2.72 bits per heavy atom. The van der Waals surface area contributed by atoms with Crippen molar-refractivity contribution < 1.29 is 4.79 Å². The van der Waals surface area contributed by atoms with Crippen molar-refractivity contribution in [2.24, 2.45) is 5.41 Å². The Bertz CT molecular complexity index is 664. The molecule has 1 saturated carbocycles. The summed E-state index contributed by atoms with van der Waals surface area (Å²) in [6.07, 6.45) is 1.88. The predicted octanol–water partition coefficient (Wildman–Crippen LogP) is 1.04. The summed E-state index contributed by atoms with van der Waals surface area (Å²) in [4.78, 5) is 29.0. The van der Waals surface area contributed by atoms with Crippen molar-refractivity contribution in [3.8, 4) is 0 Å². The Balaban J connectivity index is 1.99. The van der Waals surface area contributed by atoms with Gasteiger partial charge >= 0.3 is 5.69 Å². The first kappa shape index (κ1) is 11.2. The highest BCUT2D eigenvalue weighted by Gasteiger charge is 2.49. The minimum Gasteiger partial charge on any atom is -0.319 e. The molecule has 3 rings (SSSR count). The van der Waals surface area contributed by atoms with Crippen LogP contribution < -0.4 is 11.0 Å². The average molecular weight is 245 g/mol. The highest BCUT2D eigenvalue weighted by Crippen LogP contribution is 2.47. The van der Waals surface area contributed by atoms with Gasteiger partial charge in [-0.15, -0.1) is 0 Å². The first-order chi connectivity index (χ1) is 8.64. The lowest BCUT2D eigenvalue weighted by molar-refractivity contribution is 0.0900. The molecule has 5 heteroatoms. The second-order valence-corrected chi connectivity index (χ2v) is 4.98. The van der Waals surface area contributed by atoms with Gasteiger partial charge in [-0.2, -0.15) is 0 Å². The van der Waals surface area contributed by atoms with Crippen LogP contribution in [0, 0.1) is 5.41 Å². The van der Waals surface area contributed by atoms with Gasteiger partial charge in [0, 0.05) is 17.5 Å². The summed E-state index contributed by atoms with van der Waals surface area (Å²) in [6.45, 7) is 0.716. The summed E-state index contributed by atoms with van der Waals surface area (Å²) in [5.74, 6) is 0.167. The minimum absolute atomic E-state index is 0.167. The van der Waals surface area contributed by atoms with E-state index in [0.717, 1.165) is 18.4 Å². The lowest BCUT2D eigenvalue weighted by Crippen LogP contribution is -2.27. The maximum atomic E-state index is 12.4. The number of aromatic nitrogens is 2. The number of benzene rings is 1. The number of Topliss-reactive ketones (excluding diaryl/α,β-unsaturated/α-hetero) is 1. The van der Waals surface area contributed by atoms with E-state index in [4.69, 9.17) is 0 Å². The molecule has 1 heterocycles. The highest BCUT2D eigenvalue weighted by atomic mass is 16.1. The lowest BCUT2D eigenvalue weighted by atomic mass is 9.94. The molecule has 0 aliphatic heterocycles. The van der Waals surface area contributed by atoms with Gasteiger partial charge in [0.15, 0.2) is 5.78 Å². The Labute approximate surface area is 104 Å². The van der Waals surface area contributed by atoms with Crippen LogP contribution in [0.5, 0.6) is 0 Å². The van der Waals surface area contributed by atoms with Crippen LogP contribution in [-0.4, -0.2) is 29.3 Å². The summed E-state index contributed by atoms with van der Waals surface area (Å²) in [5.41, 5.74) is 1.62. The molecule has 94 valence electrons. The third-order valence-electron chi connectivity index (χ3n) is 3.63. The number of hydrogen-bond acceptors (Lipinski definition) is 3. The maximum Gasteiger partial charge on any atom is 0.323 e. The number of imidazole rings is 1. The zero-order valence-corrected chi connectivity index (χ0v) is 10.2. The first-order valence-electron chi connectivity index (χ1n) is 6.06. The van der Waals surface area contributed by atoms with Crippen LogP contribution in [0.3, 0.4) is 0 Å². The molecule has 1 aromatic carbocycles. The SMILES string of the molecule is CNCC1(C(=O)c2ccc3[nH]c(=O)[nH]c3c2)CC1. The van der Waals surface area contributed by atoms with Gasteiger partial charge in [0.05, 0.1) is 11.0 Å². The zero-order valence-electron chi connectivity index (χ0n) is 10.2. The molecular weight excluding hydrogens is 230 g/mol. The van der Waals surface area contributed by atoms with E-state index in [1.165, 1.54) is 0 Å². The smallest absolute Gasteiger partial charge is 0.319 e. The fraction of sp³-hybridized carbons (Fsp3) is 0.385. The lowest BCUT2D eigenvalue weighted by Gasteiger charge is -2.13. The molecule has 5 nitrogen and oxygen atoms in total. The number of carbonyl (C=O) groups is 1. The Hall–Kier alpha value is -1.88. The van der Waals surface area contributed by atoms with Gasteiger partial charge in [-0.3, -0.25) is 4.79 Å². The second kappa shape index (κ2) is 3.81. The number of hydrogen-bond donors (Lipinski definition) is 3. The predicted molar refractivity (Wildman–Crippen MR) is 68.8 cm³/mol. The molecule has 0 saturated heterocycles. The Morgan fingerprint density at radius 2 is 2.06 bits per heavy atom. The molecule has 3 N–H and O–H groups in total. The molecule has 1 aliphatic rings. The van der Waals surface area contributed by atoms with Gasteiger partial charge in [0.25, 0.3) is 0 Å². The highest BCUT2D eigenvalue weighted by molar-refractivity contribution is 6.04. The monoisotopic (exact) mass is 245 g/mol. The average Bonchev–Trinajstić information content (AvgIpc) is 3.02. The van der Waals surface area contributed by atoms with Crippen molar-refractivity contribution in [2.75, 3.05) is 13.6 Å². The van der Waals surface area contributed by atoms with E-state index in [9.17, 15) is 9.59 Å². The number of H-pyrrole nitrogens is 2. The molecule has 0 atom stereocenters. The second-order valence-electron chi connectivity index (χ2n) is 4.98. The minimum atomic E-state index is -0.244. The van der Waals surface area contributed by atoms with Crippen molar-refractivity contribution >= 4 is 16.8 Å². The topological polar surface area (TPSA) is 77.8 Å².